The van der Waals surface area contributed by atoms with Gasteiger partial charge >= 0.3 is 0 Å². The largest absolute Gasteiger partial charge is 0.369 e. The minimum absolute atomic E-state index is 0.226. The van der Waals surface area contributed by atoms with Crippen LogP contribution in [0, 0.1) is 16.7 Å². The average Bonchev–Trinajstić information content (AvgIpc) is 2.99. The molecular weight excluding hydrogens is 360 g/mol. The standard InChI is InChI=1S/C20H19ClN6/c1-13(25-26-20(23)24)18-16-5-2-3-6-17(16)27(12-4-11-22)19(18)14-7-9-15(21)10-8-14/h2-3,5-10H,4,12H2,1H3,(H4,23,24,26)/b25-13-. The van der Waals surface area contributed by atoms with Crippen LogP contribution in [0.1, 0.15) is 18.9 Å². The van der Waals surface area contributed by atoms with Crippen LogP contribution in [0.2, 0.25) is 5.02 Å². The second-order valence-electron chi connectivity index (χ2n) is 6.03. The van der Waals surface area contributed by atoms with Gasteiger partial charge in [-0.05, 0) is 30.7 Å². The number of nitriles is 1. The molecule has 0 atom stereocenters. The van der Waals surface area contributed by atoms with Crippen LogP contribution >= 0.6 is 11.6 Å². The second kappa shape index (κ2) is 7.94. The summed E-state index contributed by atoms with van der Waals surface area (Å²) in [4.78, 5) is 0. The van der Waals surface area contributed by atoms with Gasteiger partial charge < -0.3 is 10.3 Å². The Bertz CT molecular complexity index is 1060. The minimum Gasteiger partial charge on any atom is -0.369 e. The number of fused-ring (bicyclic) bond motifs is 1. The molecule has 6 nitrogen and oxygen atoms in total. The first-order valence-electron chi connectivity index (χ1n) is 8.41. The van der Waals surface area contributed by atoms with Gasteiger partial charge in [-0.15, -0.1) is 0 Å². The molecule has 3 rings (SSSR count). The number of halogens is 1. The maximum Gasteiger partial charge on any atom is 0.206 e. The van der Waals surface area contributed by atoms with Gasteiger partial charge in [0.05, 0.1) is 23.9 Å². The van der Waals surface area contributed by atoms with E-state index in [0.717, 1.165) is 27.7 Å². The van der Waals surface area contributed by atoms with E-state index < -0.39 is 0 Å². The van der Waals surface area contributed by atoms with Crippen molar-refractivity contribution in [2.45, 2.75) is 19.9 Å². The molecule has 1 aromatic heterocycles. The number of nitrogens with two attached hydrogens (primary N) is 1. The van der Waals surface area contributed by atoms with E-state index in [-0.39, 0.29) is 5.96 Å². The highest BCUT2D eigenvalue weighted by Gasteiger charge is 2.20. The van der Waals surface area contributed by atoms with Crippen LogP contribution in [-0.2, 0) is 6.54 Å². The summed E-state index contributed by atoms with van der Waals surface area (Å²) in [5, 5.41) is 22.4. The summed E-state index contributed by atoms with van der Waals surface area (Å²) < 4.78 is 2.13. The molecule has 0 aliphatic rings. The third-order valence-corrected chi connectivity index (χ3v) is 4.49. The molecule has 0 amide bonds. The molecule has 0 unspecified atom stereocenters. The Morgan fingerprint density at radius 1 is 1.26 bits per heavy atom. The van der Waals surface area contributed by atoms with E-state index >= 15 is 0 Å². The number of benzene rings is 2. The molecule has 0 bridgehead atoms. The van der Waals surface area contributed by atoms with E-state index in [1.807, 2.05) is 55.5 Å². The normalized spacial score (nSPS) is 11.4. The number of hydrazone groups is 1. The molecule has 1 heterocycles. The third-order valence-electron chi connectivity index (χ3n) is 4.24. The molecule has 0 saturated heterocycles. The highest BCUT2D eigenvalue weighted by Crippen LogP contribution is 2.35. The number of para-hydroxylation sites is 1. The molecule has 2 aromatic carbocycles. The predicted molar refractivity (Wildman–Crippen MR) is 110 cm³/mol. The monoisotopic (exact) mass is 378 g/mol. The first-order chi connectivity index (χ1) is 13.0. The molecule has 0 radical (unpaired) electrons. The molecule has 0 saturated carbocycles. The first-order valence-corrected chi connectivity index (χ1v) is 8.79. The van der Waals surface area contributed by atoms with Gasteiger partial charge in [0.25, 0.3) is 0 Å². The summed E-state index contributed by atoms with van der Waals surface area (Å²) in [7, 11) is 0. The first kappa shape index (κ1) is 18.5. The summed E-state index contributed by atoms with van der Waals surface area (Å²) >= 11 is 6.07. The van der Waals surface area contributed by atoms with Gasteiger partial charge in [0.1, 0.15) is 0 Å². The molecule has 3 aromatic rings. The molecule has 0 aliphatic carbocycles. The number of nitrogens with zero attached hydrogens (tertiary/aromatic N) is 3. The Labute approximate surface area is 162 Å². The quantitative estimate of drug-likeness (QED) is 0.354. The number of aryl methyl sites for hydroxylation is 1. The van der Waals surface area contributed by atoms with Crippen LogP contribution in [0.4, 0.5) is 0 Å². The highest BCUT2D eigenvalue weighted by atomic mass is 35.5. The SMILES string of the molecule is C/C(=N/NC(=N)N)c1c(-c2ccc(Cl)cc2)n(CCC#N)c2ccccc12. The van der Waals surface area contributed by atoms with Crippen molar-refractivity contribution in [2.24, 2.45) is 10.8 Å². The van der Waals surface area contributed by atoms with E-state index in [1.54, 1.807) is 0 Å². The van der Waals surface area contributed by atoms with Crippen LogP contribution in [0.25, 0.3) is 22.2 Å². The van der Waals surface area contributed by atoms with Crippen LogP contribution in [-0.4, -0.2) is 16.2 Å². The van der Waals surface area contributed by atoms with Crippen molar-refractivity contribution >= 4 is 34.2 Å². The summed E-state index contributed by atoms with van der Waals surface area (Å²) in [6, 6.07) is 17.8. The topological polar surface area (TPSA) is 103 Å². The lowest BCUT2D eigenvalue weighted by molar-refractivity contribution is 0.751. The summed E-state index contributed by atoms with van der Waals surface area (Å²) in [5.41, 5.74) is 12.5. The Morgan fingerprint density at radius 3 is 2.63 bits per heavy atom. The zero-order chi connectivity index (χ0) is 19.4. The highest BCUT2D eigenvalue weighted by molar-refractivity contribution is 6.30. The fourth-order valence-electron chi connectivity index (χ4n) is 3.17. The van der Waals surface area contributed by atoms with Crippen LogP contribution in [0.5, 0.6) is 0 Å². The van der Waals surface area contributed by atoms with Crippen LogP contribution in [0.15, 0.2) is 53.6 Å². The molecule has 27 heavy (non-hydrogen) atoms. The number of hydrogen-bond donors (Lipinski definition) is 3. The number of rotatable bonds is 5. The fraction of sp³-hybridized carbons (Fsp3) is 0.150. The van der Waals surface area contributed by atoms with Gasteiger partial charge in [0.15, 0.2) is 0 Å². The van der Waals surface area contributed by atoms with Crippen molar-refractivity contribution < 1.29 is 0 Å². The maximum atomic E-state index is 9.11. The summed E-state index contributed by atoms with van der Waals surface area (Å²) in [5.74, 6) is -0.226. The fourth-order valence-corrected chi connectivity index (χ4v) is 3.30. The Kier molecular flexibility index (Phi) is 5.43. The zero-order valence-electron chi connectivity index (χ0n) is 14.8. The summed E-state index contributed by atoms with van der Waals surface area (Å²) in [6.45, 7) is 2.42. The van der Waals surface area contributed by atoms with Gasteiger partial charge in [0, 0.05) is 28.0 Å². The zero-order valence-corrected chi connectivity index (χ0v) is 15.6. The molecule has 7 heteroatoms. The Balaban J connectivity index is 2.32. The molecular formula is C20H19ClN6. The van der Waals surface area contributed by atoms with Crippen LogP contribution < -0.4 is 11.2 Å². The minimum atomic E-state index is -0.226. The number of aromatic nitrogens is 1. The average molecular weight is 379 g/mol. The predicted octanol–water partition coefficient (Wildman–Crippen LogP) is 4.08. The van der Waals surface area contributed by atoms with Gasteiger partial charge in [-0.25, -0.2) is 5.43 Å². The number of guanidine groups is 1. The van der Waals surface area contributed by atoms with Gasteiger partial charge in [-0.3, -0.25) is 5.41 Å². The second-order valence-corrected chi connectivity index (χ2v) is 6.47. The number of hydrogen-bond acceptors (Lipinski definition) is 3. The van der Waals surface area contributed by atoms with Crippen molar-refractivity contribution in [2.75, 3.05) is 0 Å². The van der Waals surface area contributed by atoms with E-state index in [1.165, 1.54) is 0 Å². The molecule has 0 aliphatic heterocycles. The van der Waals surface area contributed by atoms with Crippen molar-refractivity contribution in [3.8, 4) is 17.3 Å². The lowest BCUT2D eigenvalue weighted by Crippen LogP contribution is -2.26. The molecule has 4 N–H and O–H groups in total. The van der Waals surface area contributed by atoms with Gasteiger partial charge in [-0.2, -0.15) is 10.4 Å². The Morgan fingerprint density at radius 2 is 1.96 bits per heavy atom. The van der Waals surface area contributed by atoms with Crippen molar-refractivity contribution in [1.82, 2.24) is 9.99 Å². The lowest BCUT2D eigenvalue weighted by atomic mass is 10.0. The third kappa shape index (κ3) is 3.78. The van der Waals surface area contributed by atoms with Crippen molar-refractivity contribution in [3.63, 3.8) is 0 Å². The maximum absolute atomic E-state index is 9.11. The van der Waals surface area contributed by atoms with Crippen LogP contribution in [0.3, 0.4) is 0 Å². The van der Waals surface area contributed by atoms with Crippen molar-refractivity contribution in [3.05, 3.63) is 59.1 Å². The molecule has 136 valence electrons. The Hall–Kier alpha value is -3.30. The summed E-state index contributed by atoms with van der Waals surface area (Å²) in [6.07, 6.45) is 0.389. The molecule has 0 spiro atoms. The number of nitrogens with one attached hydrogen (secondary N) is 2. The van der Waals surface area contributed by atoms with E-state index in [9.17, 15) is 0 Å². The lowest BCUT2D eigenvalue weighted by Gasteiger charge is -2.12. The molecule has 0 fully saturated rings. The van der Waals surface area contributed by atoms with E-state index in [4.69, 9.17) is 28.0 Å². The van der Waals surface area contributed by atoms with E-state index in [0.29, 0.717) is 23.7 Å². The van der Waals surface area contributed by atoms with Gasteiger partial charge in [-0.1, -0.05) is 41.9 Å². The smallest absolute Gasteiger partial charge is 0.206 e. The van der Waals surface area contributed by atoms with Gasteiger partial charge in [0.2, 0.25) is 5.96 Å². The van der Waals surface area contributed by atoms with E-state index in [2.05, 4.69) is 21.2 Å². The van der Waals surface area contributed by atoms with Crippen molar-refractivity contribution in [1.29, 1.82) is 10.7 Å².